The largest absolute Gasteiger partial charge is 0.330 e. The first-order chi connectivity index (χ1) is 5.70. The summed E-state index contributed by atoms with van der Waals surface area (Å²) in [5.74, 6) is -2.81. The molecule has 0 unspecified atom stereocenters. The average molecular weight is 191 g/mol. The molecule has 0 bridgehead atoms. The van der Waals surface area contributed by atoms with Gasteiger partial charge in [-0.05, 0) is 5.41 Å². The fourth-order valence-corrected chi connectivity index (χ4v) is 1.25. The van der Waals surface area contributed by atoms with Gasteiger partial charge in [0.15, 0.2) is 0 Å². The third-order valence-electron chi connectivity index (χ3n) is 1.88. The molecule has 1 aliphatic heterocycles. The maximum Gasteiger partial charge on any atom is 0.282 e. The summed E-state index contributed by atoms with van der Waals surface area (Å²) >= 11 is 0. The second-order valence-corrected chi connectivity index (χ2v) is 4.84. The zero-order valence-corrected chi connectivity index (χ0v) is 8.23. The van der Waals surface area contributed by atoms with E-state index >= 15 is 0 Å². The number of alkyl halides is 2. The van der Waals surface area contributed by atoms with Crippen molar-refractivity contribution in [3.05, 3.63) is 0 Å². The van der Waals surface area contributed by atoms with Gasteiger partial charge in [-0.1, -0.05) is 20.8 Å². The van der Waals surface area contributed by atoms with Gasteiger partial charge < -0.3 is 4.90 Å². The number of likely N-dealkylation sites (tertiary alicyclic amines) is 1. The number of nitrogens with zero attached hydrogens (tertiary/aromatic N) is 1. The molecule has 4 heteroatoms. The first-order valence-electron chi connectivity index (χ1n) is 4.35. The Hall–Kier alpha value is -0.670. The van der Waals surface area contributed by atoms with Crippen LogP contribution in [0.4, 0.5) is 8.78 Å². The van der Waals surface area contributed by atoms with Gasteiger partial charge in [0.2, 0.25) is 5.91 Å². The molecule has 0 N–H and O–H groups in total. The quantitative estimate of drug-likeness (QED) is 0.620. The van der Waals surface area contributed by atoms with E-state index in [1.54, 1.807) is 0 Å². The Labute approximate surface area is 76.9 Å². The Balaban J connectivity index is 2.36. The van der Waals surface area contributed by atoms with Crippen molar-refractivity contribution in [1.29, 1.82) is 0 Å². The number of hydrogen-bond acceptors (Lipinski definition) is 1. The lowest BCUT2D eigenvalue weighted by molar-refractivity contribution is -0.167. The highest BCUT2D eigenvalue weighted by Gasteiger charge is 2.46. The zero-order valence-electron chi connectivity index (χ0n) is 8.23. The molecule has 1 rings (SSSR count). The third kappa shape index (κ3) is 2.94. The molecule has 0 saturated carbocycles. The highest BCUT2D eigenvalue weighted by atomic mass is 19.3. The van der Waals surface area contributed by atoms with Crippen LogP contribution in [0.3, 0.4) is 0 Å². The van der Waals surface area contributed by atoms with E-state index < -0.39 is 19.0 Å². The molecule has 1 amide bonds. The Morgan fingerprint density at radius 1 is 1.38 bits per heavy atom. The maximum absolute atomic E-state index is 12.4. The number of carbonyl (C=O) groups is 1. The van der Waals surface area contributed by atoms with Crippen LogP contribution in [-0.2, 0) is 4.79 Å². The van der Waals surface area contributed by atoms with Crippen LogP contribution in [0.25, 0.3) is 0 Å². The van der Waals surface area contributed by atoms with Gasteiger partial charge in [-0.25, -0.2) is 8.78 Å². The van der Waals surface area contributed by atoms with E-state index in [4.69, 9.17) is 0 Å². The summed E-state index contributed by atoms with van der Waals surface area (Å²) in [6, 6.07) is 0. The molecular weight excluding hydrogens is 176 g/mol. The van der Waals surface area contributed by atoms with Crippen molar-refractivity contribution in [3.8, 4) is 0 Å². The normalized spacial score (nSPS) is 21.2. The van der Waals surface area contributed by atoms with Crippen molar-refractivity contribution in [1.82, 2.24) is 4.90 Å². The number of rotatable bonds is 1. The van der Waals surface area contributed by atoms with Crippen molar-refractivity contribution in [2.45, 2.75) is 33.1 Å². The number of hydrogen-bond donors (Lipinski definition) is 0. The van der Waals surface area contributed by atoms with E-state index in [1.807, 2.05) is 20.8 Å². The maximum atomic E-state index is 12.4. The molecule has 76 valence electrons. The molecule has 1 aliphatic rings. The third-order valence-corrected chi connectivity index (χ3v) is 1.88. The number of amides is 1. The lowest BCUT2D eigenvalue weighted by Gasteiger charge is -2.39. The molecule has 1 saturated heterocycles. The van der Waals surface area contributed by atoms with Crippen LogP contribution < -0.4 is 0 Å². The van der Waals surface area contributed by atoms with Gasteiger partial charge in [0.25, 0.3) is 5.92 Å². The minimum absolute atomic E-state index is 0.123. The summed E-state index contributed by atoms with van der Waals surface area (Å²) in [7, 11) is 0. The van der Waals surface area contributed by atoms with Gasteiger partial charge in [-0.2, -0.15) is 0 Å². The lowest BCUT2D eigenvalue weighted by Crippen LogP contribution is -2.58. The molecule has 0 aromatic heterocycles. The minimum atomic E-state index is -2.65. The van der Waals surface area contributed by atoms with Crippen LogP contribution >= 0.6 is 0 Å². The van der Waals surface area contributed by atoms with E-state index in [-0.39, 0.29) is 11.3 Å². The monoisotopic (exact) mass is 191 g/mol. The first-order valence-corrected chi connectivity index (χ1v) is 4.35. The summed E-state index contributed by atoms with van der Waals surface area (Å²) in [5.41, 5.74) is -0.123. The van der Waals surface area contributed by atoms with E-state index in [2.05, 4.69) is 0 Å². The minimum Gasteiger partial charge on any atom is -0.330 e. The lowest BCUT2D eigenvalue weighted by atomic mass is 9.91. The smallest absolute Gasteiger partial charge is 0.282 e. The molecule has 1 fully saturated rings. The summed E-state index contributed by atoms with van der Waals surface area (Å²) in [6.45, 7) is 4.96. The van der Waals surface area contributed by atoms with Gasteiger partial charge in [0, 0.05) is 6.42 Å². The topological polar surface area (TPSA) is 20.3 Å². The summed E-state index contributed by atoms with van der Waals surface area (Å²) in [6.07, 6.45) is 0.336. The van der Waals surface area contributed by atoms with Crippen LogP contribution in [0, 0.1) is 5.41 Å². The zero-order chi connectivity index (χ0) is 10.3. The fourth-order valence-electron chi connectivity index (χ4n) is 1.25. The number of carbonyl (C=O) groups excluding carboxylic acids is 1. The van der Waals surface area contributed by atoms with Crippen molar-refractivity contribution < 1.29 is 13.6 Å². The van der Waals surface area contributed by atoms with E-state index in [1.165, 1.54) is 4.90 Å². The predicted molar refractivity (Wildman–Crippen MR) is 45.6 cm³/mol. The number of halogens is 2. The average Bonchev–Trinajstić information content (AvgIpc) is 1.77. The SMILES string of the molecule is CC(C)(C)CC(=O)N1CC(F)(F)C1. The van der Waals surface area contributed by atoms with Gasteiger partial charge >= 0.3 is 0 Å². The molecule has 13 heavy (non-hydrogen) atoms. The first kappa shape index (κ1) is 10.4. The Morgan fingerprint density at radius 2 is 1.85 bits per heavy atom. The molecule has 0 aromatic rings. The van der Waals surface area contributed by atoms with Crippen molar-refractivity contribution in [3.63, 3.8) is 0 Å². The van der Waals surface area contributed by atoms with Crippen molar-refractivity contribution >= 4 is 5.91 Å². The highest BCUT2D eigenvalue weighted by molar-refractivity contribution is 5.77. The van der Waals surface area contributed by atoms with Crippen molar-refractivity contribution in [2.75, 3.05) is 13.1 Å². The van der Waals surface area contributed by atoms with E-state index in [9.17, 15) is 13.6 Å². The van der Waals surface area contributed by atoms with Gasteiger partial charge in [-0.15, -0.1) is 0 Å². The molecule has 0 aliphatic carbocycles. The van der Waals surface area contributed by atoms with Gasteiger partial charge in [0.05, 0.1) is 13.1 Å². The van der Waals surface area contributed by atoms with Crippen LogP contribution in [0.2, 0.25) is 0 Å². The second kappa shape index (κ2) is 2.93. The molecule has 0 spiro atoms. The van der Waals surface area contributed by atoms with Crippen LogP contribution in [0.5, 0.6) is 0 Å². The van der Waals surface area contributed by atoms with E-state index in [0.29, 0.717) is 6.42 Å². The van der Waals surface area contributed by atoms with Crippen LogP contribution in [0.15, 0.2) is 0 Å². The fraction of sp³-hybridized carbons (Fsp3) is 0.889. The van der Waals surface area contributed by atoms with Crippen LogP contribution in [0.1, 0.15) is 27.2 Å². The highest BCUT2D eigenvalue weighted by Crippen LogP contribution is 2.29. The van der Waals surface area contributed by atoms with Crippen LogP contribution in [-0.4, -0.2) is 29.8 Å². The Morgan fingerprint density at radius 3 is 2.15 bits per heavy atom. The van der Waals surface area contributed by atoms with Gasteiger partial charge in [-0.3, -0.25) is 4.79 Å². The second-order valence-electron chi connectivity index (χ2n) is 4.84. The standard InChI is InChI=1S/C9H15F2NO/c1-8(2,3)4-7(13)12-5-9(10,11)6-12/h4-6H2,1-3H3. The summed E-state index contributed by atoms with van der Waals surface area (Å²) in [5, 5.41) is 0. The molecule has 1 heterocycles. The summed E-state index contributed by atoms with van der Waals surface area (Å²) < 4.78 is 24.8. The van der Waals surface area contributed by atoms with Crippen molar-refractivity contribution in [2.24, 2.45) is 5.41 Å². The predicted octanol–water partition coefficient (Wildman–Crippen LogP) is 1.90. The van der Waals surface area contributed by atoms with E-state index in [0.717, 1.165) is 0 Å². The molecule has 0 radical (unpaired) electrons. The molecule has 2 nitrogen and oxygen atoms in total. The Kier molecular flexibility index (Phi) is 2.34. The molecular formula is C9H15F2NO. The molecule has 0 aromatic carbocycles. The van der Waals surface area contributed by atoms with Gasteiger partial charge in [0.1, 0.15) is 0 Å². The summed E-state index contributed by atoms with van der Waals surface area (Å²) in [4.78, 5) is 12.5. The Bertz CT molecular complexity index is 212. The molecule has 0 atom stereocenters.